The van der Waals surface area contributed by atoms with Crippen LogP contribution in [0.5, 0.6) is 0 Å². The second-order valence-electron chi connectivity index (χ2n) is 10.9. The van der Waals surface area contributed by atoms with Crippen molar-refractivity contribution < 1.29 is 9.90 Å². The van der Waals surface area contributed by atoms with Crippen molar-refractivity contribution in [1.29, 1.82) is 0 Å². The normalized spacial score (nSPS) is 24.9. The fourth-order valence-electron chi connectivity index (χ4n) is 4.93. The minimum absolute atomic E-state index is 0.206. The van der Waals surface area contributed by atoms with Crippen LogP contribution in [0, 0.1) is 18.3 Å². The van der Waals surface area contributed by atoms with Crippen molar-refractivity contribution in [3.8, 4) is 0 Å². The Bertz CT molecular complexity index is 757. The average molecular weight is 448 g/mol. The summed E-state index contributed by atoms with van der Waals surface area (Å²) in [7, 11) is 0. The summed E-state index contributed by atoms with van der Waals surface area (Å²) in [5.41, 5.74) is 2.14. The molecule has 0 amide bonds. The van der Waals surface area contributed by atoms with Crippen molar-refractivity contribution in [2.45, 2.75) is 88.8 Å². The van der Waals surface area contributed by atoms with Crippen LogP contribution in [0.3, 0.4) is 0 Å². The van der Waals surface area contributed by atoms with Crippen LogP contribution in [-0.4, -0.2) is 14.9 Å². The van der Waals surface area contributed by atoms with Gasteiger partial charge in [-0.3, -0.25) is 4.79 Å². The maximum Gasteiger partial charge on any atom is 0.315 e. The number of carboxylic acids is 1. The molecule has 1 aliphatic carbocycles. The molecule has 28 heavy (non-hydrogen) atoms. The molecule has 0 aromatic heterocycles. The lowest BCUT2D eigenvalue weighted by Gasteiger charge is -2.35. The van der Waals surface area contributed by atoms with Crippen molar-refractivity contribution in [3.05, 3.63) is 34.4 Å². The summed E-state index contributed by atoms with van der Waals surface area (Å²) in [6, 6.07) is 4.27. The van der Waals surface area contributed by atoms with Gasteiger partial charge in [0.15, 0.2) is 3.79 Å². The third kappa shape index (κ3) is 3.82. The van der Waals surface area contributed by atoms with Gasteiger partial charge < -0.3 is 5.11 Å². The molecule has 1 aliphatic rings. The molecule has 2 atom stereocenters. The highest BCUT2D eigenvalue weighted by molar-refractivity contribution is 6.67. The molecule has 1 fully saturated rings. The van der Waals surface area contributed by atoms with Crippen LogP contribution in [0.4, 0.5) is 0 Å². The van der Waals surface area contributed by atoms with Gasteiger partial charge in [-0.15, -0.1) is 0 Å². The standard InChI is InChI=1S/C23H33Cl3O2/c1-13-10-14(19(2,3)4)17(15(11-13)20(5,6)7)23(18(27)28)16(21(23,8)9)12-22(24,25)26/h10-11,16H,12H2,1-9H3,(H,27,28). The zero-order chi connectivity index (χ0) is 22.1. The molecule has 158 valence electrons. The van der Waals surface area contributed by atoms with E-state index in [9.17, 15) is 9.90 Å². The summed E-state index contributed by atoms with van der Waals surface area (Å²) < 4.78 is -1.49. The lowest BCUT2D eigenvalue weighted by molar-refractivity contribution is -0.141. The summed E-state index contributed by atoms with van der Waals surface area (Å²) >= 11 is 18.4. The maximum atomic E-state index is 12.9. The monoisotopic (exact) mass is 446 g/mol. The Balaban J connectivity index is 2.96. The van der Waals surface area contributed by atoms with E-state index in [0.29, 0.717) is 0 Å². The van der Waals surface area contributed by atoms with Gasteiger partial charge in [0.1, 0.15) is 5.41 Å². The lowest BCUT2D eigenvalue weighted by atomic mass is 9.69. The number of alkyl halides is 3. The Morgan fingerprint density at radius 3 is 1.68 bits per heavy atom. The number of aryl methyl sites for hydroxylation is 1. The Morgan fingerprint density at radius 1 is 1.00 bits per heavy atom. The van der Waals surface area contributed by atoms with E-state index in [4.69, 9.17) is 34.8 Å². The Kier molecular flexibility index (Phi) is 5.78. The van der Waals surface area contributed by atoms with Crippen molar-refractivity contribution >= 4 is 40.8 Å². The van der Waals surface area contributed by atoms with E-state index in [1.165, 1.54) is 0 Å². The first-order chi connectivity index (χ1) is 12.3. The van der Waals surface area contributed by atoms with E-state index in [1.54, 1.807) is 0 Å². The quantitative estimate of drug-likeness (QED) is 0.492. The third-order valence-corrected chi connectivity index (χ3v) is 6.86. The molecule has 0 radical (unpaired) electrons. The number of hydrogen-bond acceptors (Lipinski definition) is 1. The van der Waals surface area contributed by atoms with E-state index in [2.05, 4.69) is 60.6 Å². The van der Waals surface area contributed by atoms with E-state index in [1.807, 2.05) is 13.8 Å². The van der Waals surface area contributed by atoms with Crippen LogP contribution >= 0.6 is 34.8 Å². The number of aliphatic carboxylic acids is 1. The minimum Gasteiger partial charge on any atom is -0.481 e. The van der Waals surface area contributed by atoms with Crippen molar-refractivity contribution in [3.63, 3.8) is 0 Å². The smallest absolute Gasteiger partial charge is 0.315 e. The van der Waals surface area contributed by atoms with Crippen molar-refractivity contribution in [2.24, 2.45) is 11.3 Å². The second-order valence-corrected chi connectivity index (χ2v) is 13.5. The molecule has 2 rings (SSSR count). The van der Waals surface area contributed by atoms with Crippen LogP contribution in [0.2, 0.25) is 0 Å². The second kappa shape index (κ2) is 6.79. The summed E-state index contributed by atoms with van der Waals surface area (Å²) in [5, 5.41) is 10.6. The van der Waals surface area contributed by atoms with Gasteiger partial charge >= 0.3 is 5.97 Å². The highest BCUT2D eigenvalue weighted by Crippen LogP contribution is 2.74. The molecular weight excluding hydrogens is 415 g/mol. The molecule has 1 N–H and O–H groups in total. The molecule has 1 aromatic carbocycles. The molecular formula is C23H33Cl3O2. The summed E-state index contributed by atoms with van der Waals surface area (Å²) in [5.74, 6) is -1.11. The summed E-state index contributed by atoms with van der Waals surface area (Å²) in [6.45, 7) is 18.8. The van der Waals surface area contributed by atoms with Gasteiger partial charge in [0.05, 0.1) is 0 Å². The zero-order valence-corrected chi connectivity index (χ0v) is 20.7. The predicted octanol–water partition coefficient (Wildman–Crippen LogP) is 7.33. The van der Waals surface area contributed by atoms with Crippen LogP contribution in [0.25, 0.3) is 0 Å². The summed E-state index contributed by atoms with van der Waals surface area (Å²) in [6.07, 6.45) is 0.206. The molecule has 1 saturated carbocycles. The first kappa shape index (κ1) is 23.8. The fourth-order valence-corrected chi connectivity index (χ4v) is 5.40. The van der Waals surface area contributed by atoms with Crippen molar-refractivity contribution in [2.75, 3.05) is 0 Å². The lowest BCUT2D eigenvalue weighted by Crippen LogP contribution is -2.34. The highest BCUT2D eigenvalue weighted by atomic mass is 35.6. The third-order valence-electron chi connectivity index (χ3n) is 6.39. The number of carbonyl (C=O) groups is 1. The average Bonchev–Trinajstić information content (AvgIpc) is 2.90. The van der Waals surface area contributed by atoms with E-state index >= 15 is 0 Å². The number of halogens is 3. The number of carboxylic acid groups (broad SMARTS) is 1. The first-order valence-corrected chi connectivity index (χ1v) is 10.9. The van der Waals surface area contributed by atoms with E-state index < -0.39 is 20.6 Å². The molecule has 5 heteroatoms. The number of hydrogen-bond donors (Lipinski definition) is 1. The van der Waals surface area contributed by atoms with Gasteiger partial charge in [0.25, 0.3) is 0 Å². The molecule has 0 spiro atoms. The molecule has 0 saturated heterocycles. The summed E-state index contributed by atoms with van der Waals surface area (Å²) in [4.78, 5) is 12.9. The predicted molar refractivity (Wildman–Crippen MR) is 120 cm³/mol. The Labute approximate surface area is 184 Å². The zero-order valence-electron chi connectivity index (χ0n) is 18.4. The molecule has 2 unspecified atom stereocenters. The van der Waals surface area contributed by atoms with Gasteiger partial charge in [-0.1, -0.05) is 108 Å². The van der Waals surface area contributed by atoms with Crippen LogP contribution in [-0.2, 0) is 21.0 Å². The van der Waals surface area contributed by atoms with Crippen molar-refractivity contribution in [1.82, 2.24) is 0 Å². The molecule has 1 aromatic rings. The van der Waals surface area contributed by atoms with E-state index in [-0.39, 0.29) is 23.2 Å². The van der Waals surface area contributed by atoms with Gasteiger partial charge in [-0.25, -0.2) is 0 Å². The largest absolute Gasteiger partial charge is 0.481 e. The topological polar surface area (TPSA) is 37.3 Å². The van der Waals surface area contributed by atoms with Gasteiger partial charge in [-0.2, -0.15) is 0 Å². The number of rotatable bonds is 3. The van der Waals surface area contributed by atoms with Gasteiger partial charge in [0.2, 0.25) is 0 Å². The van der Waals surface area contributed by atoms with E-state index in [0.717, 1.165) is 22.3 Å². The minimum atomic E-state index is -1.49. The molecule has 2 nitrogen and oxygen atoms in total. The molecule has 0 heterocycles. The van der Waals surface area contributed by atoms with Crippen LogP contribution in [0.15, 0.2) is 12.1 Å². The SMILES string of the molecule is Cc1cc(C(C)(C)C)c(C2(C(=O)O)C(CC(Cl)(Cl)Cl)C2(C)C)c(C(C)(C)C)c1. The molecule has 0 bridgehead atoms. The van der Waals surface area contributed by atoms with Crippen LogP contribution in [0.1, 0.15) is 84.1 Å². The Hall–Kier alpha value is -0.440. The first-order valence-electron chi connectivity index (χ1n) is 9.74. The van der Waals surface area contributed by atoms with Crippen LogP contribution < -0.4 is 0 Å². The molecule has 0 aliphatic heterocycles. The Morgan fingerprint density at radius 2 is 1.39 bits per heavy atom. The fraction of sp³-hybridized carbons (Fsp3) is 0.696. The van der Waals surface area contributed by atoms with Gasteiger partial charge in [-0.05, 0) is 52.2 Å². The number of benzene rings is 1. The highest BCUT2D eigenvalue weighted by Gasteiger charge is 2.78. The maximum absolute atomic E-state index is 12.9. The van der Waals surface area contributed by atoms with Gasteiger partial charge in [0, 0.05) is 0 Å².